The summed E-state index contributed by atoms with van der Waals surface area (Å²) in [5.74, 6) is -0.0350. The highest BCUT2D eigenvalue weighted by Gasteiger charge is 2.11. The molecule has 0 fully saturated rings. The van der Waals surface area contributed by atoms with Gasteiger partial charge in [0.25, 0.3) is 0 Å². The third-order valence-electron chi connectivity index (χ3n) is 1.71. The predicted molar refractivity (Wildman–Crippen MR) is 63.0 cm³/mol. The van der Waals surface area contributed by atoms with Crippen LogP contribution in [0, 0.1) is 0 Å². The maximum absolute atomic E-state index is 8.63. The monoisotopic (exact) mass is 252 g/mol. The van der Waals surface area contributed by atoms with Crippen molar-refractivity contribution < 1.29 is 5.21 Å². The van der Waals surface area contributed by atoms with Crippen LogP contribution in [0.5, 0.6) is 0 Å². The molecule has 0 saturated carbocycles. The van der Waals surface area contributed by atoms with Gasteiger partial charge < -0.3 is 10.9 Å². The van der Waals surface area contributed by atoms with Gasteiger partial charge in [-0.1, -0.05) is 23.0 Å². The SMILES string of the molecule is NC(=NO)c1nccnc1Sc1cccs1. The maximum Gasteiger partial charge on any atom is 0.191 e. The van der Waals surface area contributed by atoms with Crippen molar-refractivity contribution in [2.75, 3.05) is 0 Å². The fraction of sp³-hybridized carbons (Fsp3) is 0. The summed E-state index contributed by atoms with van der Waals surface area (Å²) in [6.45, 7) is 0. The number of oxime groups is 1. The van der Waals surface area contributed by atoms with Gasteiger partial charge in [-0.15, -0.1) is 11.3 Å². The molecular weight excluding hydrogens is 244 g/mol. The van der Waals surface area contributed by atoms with Crippen molar-refractivity contribution >= 4 is 28.9 Å². The zero-order valence-corrected chi connectivity index (χ0v) is 9.70. The number of nitrogens with two attached hydrogens (primary N) is 1. The van der Waals surface area contributed by atoms with E-state index in [2.05, 4.69) is 15.1 Å². The third-order valence-corrected chi connectivity index (χ3v) is 3.74. The van der Waals surface area contributed by atoms with E-state index in [1.54, 1.807) is 17.5 Å². The largest absolute Gasteiger partial charge is 0.409 e. The molecule has 5 nitrogen and oxygen atoms in total. The fourth-order valence-corrected chi connectivity index (χ4v) is 2.79. The van der Waals surface area contributed by atoms with Crippen molar-refractivity contribution in [3.05, 3.63) is 35.6 Å². The molecule has 3 N–H and O–H groups in total. The van der Waals surface area contributed by atoms with Crippen LogP contribution >= 0.6 is 23.1 Å². The van der Waals surface area contributed by atoms with Crippen molar-refractivity contribution in [1.82, 2.24) is 9.97 Å². The first-order valence-electron chi connectivity index (χ1n) is 4.31. The molecule has 0 radical (unpaired) electrons. The minimum Gasteiger partial charge on any atom is -0.409 e. The molecule has 82 valence electrons. The smallest absolute Gasteiger partial charge is 0.191 e. The summed E-state index contributed by atoms with van der Waals surface area (Å²) >= 11 is 3.04. The highest BCUT2D eigenvalue weighted by Crippen LogP contribution is 2.30. The molecular formula is C9H8N4OS2. The molecule has 0 atom stereocenters. The van der Waals surface area contributed by atoms with Crippen LogP contribution in [0.15, 0.2) is 44.3 Å². The lowest BCUT2D eigenvalue weighted by molar-refractivity contribution is 0.318. The van der Waals surface area contributed by atoms with E-state index in [0.29, 0.717) is 10.7 Å². The molecule has 0 amide bonds. The van der Waals surface area contributed by atoms with Crippen molar-refractivity contribution in [1.29, 1.82) is 0 Å². The summed E-state index contributed by atoms with van der Waals surface area (Å²) in [4.78, 5) is 8.19. The van der Waals surface area contributed by atoms with Crippen LogP contribution in [0.2, 0.25) is 0 Å². The first kappa shape index (κ1) is 10.9. The van der Waals surface area contributed by atoms with Gasteiger partial charge >= 0.3 is 0 Å². The number of hydrogen-bond donors (Lipinski definition) is 2. The number of rotatable bonds is 3. The van der Waals surface area contributed by atoms with Gasteiger partial charge in [-0.3, -0.25) is 0 Å². The number of aromatic nitrogens is 2. The molecule has 0 aromatic carbocycles. The number of nitrogens with zero attached hydrogens (tertiary/aromatic N) is 3. The standard InChI is InChI=1S/C9H8N4OS2/c10-8(13-14)7-9(12-4-3-11-7)16-6-2-1-5-15-6/h1-5,14H,(H2,10,13). The molecule has 16 heavy (non-hydrogen) atoms. The summed E-state index contributed by atoms with van der Waals surface area (Å²) in [7, 11) is 0. The van der Waals surface area contributed by atoms with Gasteiger partial charge in [0.15, 0.2) is 5.84 Å². The number of hydrogen-bond acceptors (Lipinski definition) is 6. The Kier molecular flexibility index (Phi) is 3.37. The number of amidine groups is 1. The molecule has 2 heterocycles. The van der Waals surface area contributed by atoms with Crippen molar-refractivity contribution in [2.24, 2.45) is 10.9 Å². The molecule has 0 bridgehead atoms. The van der Waals surface area contributed by atoms with Gasteiger partial charge in [-0.25, -0.2) is 9.97 Å². The van der Waals surface area contributed by atoms with Gasteiger partial charge in [0.2, 0.25) is 0 Å². The molecule has 0 spiro atoms. The van der Waals surface area contributed by atoms with Crippen LogP contribution in [-0.4, -0.2) is 21.0 Å². The fourth-order valence-electron chi connectivity index (χ4n) is 1.04. The summed E-state index contributed by atoms with van der Waals surface area (Å²) < 4.78 is 1.08. The molecule has 0 unspecified atom stereocenters. The van der Waals surface area contributed by atoms with Gasteiger partial charge in [-0.2, -0.15) is 0 Å². The lowest BCUT2D eigenvalue weighted by atomic mass is 10.4. The molecule has 0 saturated heterocycles. The van der Waals surface area contributed by atoms with Crippen molar-refractivity contribution in [3.63, 3.8) is 0 Å². The van der Waals surface area contributed by atoms with Crippen LogP contribution in [-0.2, 0) is 0 Å². The molecule has 2 aromatic heterocycles. The Labute approximate surface area is 100 Å². The predicted octanol–water partition coefficient (Wildman–Crippen LogP) is 1.78. The Bertz CT molecular complexity index is 498. The lowest BCUT2D eigenvalue weighted by Crippen LogP contribution is -2.16. The highest BCUT2D eigenvalue weighted by atomic mass is 32.2. The van der Waals surface area contributed by atoms with E-state index in [9.17, 15) is 0 Å². The van der Waals surface area contributed by atoms with Gasteiger partial charge in [-0.05, 0) is 11.4 Å². The zero-order valence-electron chi connectivity index (χ0n) is 8.07. The molecule has 2 aromatic rings. The van der Waals surface area contributed by atoms with Crippen LogP contribution in [0.4, 0.5) is 0 Å². The van der Waals surface area contributed by atoms with E-state index in [1.165, 1.54) is 18.0 Å². The molecule has 7 heteroatoms. The summed E-state index contributed by atoms with van der Waals surface area (Å²) in [5, 5.41) is 14.2. The Morgan fingerprint density at radius 3 is 2.94 bits per heavy atom. The van der Waals surface area contributed by atoms with Crippen molar-refractivity contribution in [2.45, 2.75) is 9.24 Å². The highest BCUT2D eigenvalue weighted by molar-refractivity contribution is 8.01. The topological polar surface area (TPSA) is 84.4 Å². The second-order valence-electron chi connectivity index (χ2n) is 2.73. The molecule has 2 rings (SSSR count). The Hall–Kier alpha value is -1.60. The Morgan fingerprint density at radius 2 is 2.25 bits per heavy atom. The van der Waals surface area contributed by atoms with E-state index in [4.69, 9.17) is 10.9 Å². The first-order chi connectivity index (χ1) is 7.81. The van der Waals surface area contributed by atoms with E-state index in [0.717, 1.165) is 4.21 Å². The molecule has 0 aliphatic rings. The van der Waals surface area contributed by atoms with Gasteiger partial charge in [0.05, 0.1) is 4.21 Å². The minimum absolute atomic E-state index is 0.0350. The van der Waals surface area contributed by atoms with Crippen LogP contribution in [0.1, 0.15) is 5.69 Å². The van der Waals surface area contributed by atoms with Gasteiger partial charge in [0.1, 0.15) is 10.7 Å². The van der Waals surface area contributed by atoms with Gasteiger partial charge in [0, 0.05) is 12.4 Å². The average Bonchev–Trinajstić information content (AvgIpc) is 2.82. The Morgan fingerprint density at radius 1 is 1.44 bits per heavy atom. The normalized spacial score (nSPS) is 11.6. The summed E-state index contributed by atoms with van der Waals surface area (Å²) in [5.41, 5.74) is 5.90. The third kappa shape index (κ3) is 2.31. The van der Waals surface area contributed by atoms with Crippen molar-refractivity contribution in [3.8, 4) is 0 Å². The summed E-state index contributed by atoms with van der Waals surface area (Å²) in [6.07, 6.45) is 3.08. The second kappa shape index (κ2) is 4.95. The first-order valence-corrected chi connectivity index (χ1v) is 6.01. The van der Waals surface area contributed by atoms with E-state index < -0.39 is 0 Å². The van der Waals surface area contributed by atoms with Crippen LogP contribution in [0.3, 0.4) is 0 Å². The van der Waals surface area contributed by atoms with Crippen LogP contribution < -0.4 is 5.73 Å². The lowest BCUT2D eigenvalue weighted by Gasteiger charge is -2.03. The average molecular weight is 252 g/mol. The maximum atomic E-state index is 8.63. The Balaban J connectivity index is 2.34. The van der Waals surface area contributed by atoms with E-state index in [-0.39, 0.29) is 5.84 Å². The zero-order chi connectivity index (χ0) is 11.4. The summed E-state index contributed by atoms with van der Waals surface area (Å²) in [6, 6.07) is 3.92. The minimum atomic E-state index is -0.0350. The second-order valence-corrected chi connectivity index (χ2v) is 4.97. The van der Waals surface area contributed by atoms with E-state index in [1.807, 2.05) is 17.5 Å². The molecule has 0 aliphatic heterocycles. The number of thiophene rings is 1. The van der Waals surface area contributed by atoms with E-state index >= 15 is 0 Å². The quantitative estimate of drug-likeness (QED) is 0.376. The molecule has 0 aliphatic carbocycles. The van der Waals surface area contributed by atoms with Crippen LogP contribution in [0.25, 0.3) is 0 Å².